The molecule has 0 bridgehead atoms. The van der Waals surface area contributed by atoms with Crippen LogP contribution in [0.1, 0.15) is 247 Å². The lowest BCUT2D eigenvalue weighted by Crippen LogP contribution is -2.24. The van der Waals surface area contributed by atoms with Gasteiger partial charge in [-0.25, -0.2) is 0 Å². The lowest BCUT2D eigenvalue weighted by atomic mass is 9.97. The molecule has 0 unspecified atom stereocenters. The van der Waals surface area contributed by atoms with Crippen molar-refractivity contribution in [3.63, 3.8) is 0 Å². The van der Waals surface area contributed by atoms with E-state index in [1.807, 2.05) is 0 Å². The minimum Gasteiger partial charge on any atom is -0.378 e. The second-order valence-corrected chi connectivity index (χ2v) is 17.7. The Hall–Kier alpha value is -0.820. The fourth-order valence-corrected chi connectivity index (χ4v) is 8.11. The molecule has 6 heteroatoms. The van der Waals surface area contributed by atoms with Gasteiger partial charge in [0.2, 0.25) is 0 Å². The standard InChI is InChI=1S/C51H101NO5/c1-7-13-33-47(34-14-8-2)43-55-45-49(53)37-27-23-19-17-21-25-29-39-51(57-42-32-31-41-52(11-5)12-6)40-30-26-22-18-20-24-28-38-50(54)46-56-44-48(35-15-9-3)36-16-10-4/h47-48,51H,7-46H2,1-6H3. The van der Waals surface area contributed by atoms with Crippen LogP contribution in [0.3, 0.4) is 0 Å². The molecule has 0 spiro atoms. The number of unbranched alkanes of at least 4 members (excludes halogenated alkanes) is 17. The Morgan fingerprint density at radius 2 is 0.789 bits per heavy atom. The third-order valence-corrected chi connectivity index (χ3v) is 12.2. The van der Waals surface area contributed by atoms with Gasteiger partial charge >= 0.3 is 0 Å². The molecule has 0 fully saturated rings. The average Bonchev–Trinajstić information content (AvgIpc) is 3.21. The first-order valence-electron chi connectivity index (χ1n) is 25.5. The van der Waals surface area contributed by atoms with E-state index in [9.17, 15) is 9.59 Å². The Morgan fingerprint density at radius 3 is 1.16 bits per heavy atom. The maximum absolute atomic E-state index is 12.4. The highest BCUT2D eigenvalue weighted by atomic mass is 16.5. The van der Waals surface area contributed by atoms with Crippen molar-refractivity contribution in [2.75, 3.05) is 52.7 Å². The fraction of sp³-hybridized carbons (Fsp3) is 0.961. The molecule has 0 radical (unpaired) electrons. The number of carbonyl (C=O) groups is 2. The first-order chi connectivity index (χ1) is 27.9. The van der Waals surface area contributed by atoms with E-state index in [0.29, 0.717) is 44.0 Å². The van der Waals surface area contributed by atoms with E-state index in [-0.39, 0.29) is 11.6 Å². The zero-order valence-corrected chi connectivity index (χ0v) is 39.5. The largest absolute Gasteiger partial charge is 0.378 e. The summed E-state index contributed by atoms with van der Waals surface area (Å²) >= 11 is 0. The van der Waals surface area contributed by atoms with Gasteiger partial charge in [-0.2, -0.15) is 0 Å². The highest BCUT2D eigenvalue weighted by molar-refractivity contribution is 5.79. The van der Waals surface area contributed by atoms with Crippen LogP contribution in [-0.2, 0) is 23.8 Å². The van der Waals surface area contributed by atoms with Crippen molar-refractivity contribution in [1.29, 1.82) is 0 Å². The van der Waals surface area contributed by atoms with Crippen LogP contribution in [0.2, 0.25) is 0 Å². The molecule has 0 aliphatic carbocycles. The Morgan fingerprint density at radius 1 is 0.421 bits per heavy atom. The molecule has 0 heterocycles. The van der Waals surface area contributed by atoms with Gasteiger partial charge in [0.25, 0.3) is 0 Å². The first kappa shape index (κ1) is 56.2. The SMILES string of the molecule is CCCCC(CCCC)COCC(=O)CCCCCCCCCC(CCCCCCCCCC(=O)COCC(CCCC)CCCC)OCCCCN(CC)CC. The predicted octanol–water partition coefficient (Wildman–Crippen LogP) is 14.7. The molecule has 0 atom stereocenters. The van der Waals surface area contributed by atoms with E-state index >= 15 is 0 Å². The Labute approximate surface area is 356 Å². The van der Waals surface area contributed by atoms with Crippen LogP contribution in [0, 0.1) is 11.8 Å². The summed E-state index contributed by atoms with van der Waals surface area (Å²) in [5.41, 5.74) is 0. The van der Waals surface area contributed by atoms with E-state index in [4.69, 9.17) is 14.2 Å². The van der Waals surface area contributed by atoms with E-state index in [1.54, 1.807) is 0 Å². The highest BCUT2D eigenvalue weighted by Crippen LogP contribution is 2.20. The predicted molar refractivity (Wildman–Crippen MR) is 247 cm³/mol. The third-order valence-electron chi connectivity index (χ3n) is 12.2. The van der Waals surface area contributed by atoms with Crippen LogP contribution in [0.25, 0.3) is 0 Å². The molecule has 0 amide bonds. The summed E-state index contributed by atoms with van der Waals surface area (Å²) in [6.45, 7) is 20.0. The van der Waals surface area contributed by atoms with Gasteiger partial charge in [0, 0.05) is 32.7 Å². The molecular weight excluding hydrogens is 707 g/mol. The van der Waals surface area contributed by atoms with E-state index in [1.165, 1.54) is 167 Å². The van der Waals surface area contributed by atoms with Crippen LogP contribution < -0.4 is 0 Å². The summed E-state index contributed by atoms with van der Waals surface area (Å²) in [6, 6.07) is 0. The van der Waals surface area contributed by atoms with Gasteiger partial charge in [0.05, 0.1) is 6.10 Å². The second kappa shape index (κ2) is 44.7. The van der Waals surface area contributed by atoms with Crippen molar-refractivity contribution in [3.05, 3.63) is 0 Å². The van der Waals surface area contributed by atoms with Crippen molar-refractivity contribution >= 4 is 11.6 Å². The van der Waals surface area contributed by atoms with Crippen molar-refractivity contribution < 1.29 is 23.8 Å². The van der Waals surface area contributed by atoms with Gasteiger partial charge < -0.3 is 19.1 Å². The fourth-order valence-electron chi connectivity index (χ4n) is 8.11. The number of ether oxygens (including phenoxy) is 3. The topological polar surface area (TPSA) is 65.1 Å². The minimum absolute atomic E-state index is 0.285. The summed E-state index contributed by atoms with van der Waals surface area (Å²) in [5.74, 6) is 1.81. The molecule has 0 rings (SSSR count). The maximum atomic E-state index is 12.4. The zero-order valence-electron chi connectivity index (χ0n) is 39.5. The summed E-state index contributed by atoms with van der Waals surface area (Å²) in [6.07, 6.45) is 38.5. The summed E-state index contributed by atoms with van der Waals surface area (Å²) in [7, 11) is 0. The molecule has 0 aromatic rings. The average molecular weight is 808 g/mol. The summed E-state index contributed by atoms with van der Waals surface area (Å²) in [4.78, 5) is 27.3. The third kappa shape index (κ3) is 39.1. The van der Waals surface area contributed by atoms with Crippen LogP contribution in [0.4, 0.5) is 0 Å². The molecule has 0 aromatic heterocycles. The summed E-state index contributed by atoms with van der Waals surface area (Å²) < 4.78 is 18.2. The van der Waals surface area contributed by atoms with Crippen LogP contribution >= 0.6 is 0 Å². The lowest BCUT2D eigenvalue weighted by molar-refractivity contribution is -0.125. The smallest absolute Gasteiger partial charge is 0.158 e. The van der Waals surface area contributed by atoms with Crippen molar-refractivity contribution in [3.8, 4) is 0 Å². The molecular formula is C51H101NO5. The van der Waals surface area contributed by atoms with Crippen LogP contribution in [-0.4, -0.2) is 75.2 Å². The van der Waals surface area contributed by atoms with Crippen molar-refractivity contribution in [2.45, 2.75) is 253 Å². The first-order valence-corrected chi connectivity index (χ1v) is 25.5. The number of rotatable bonds is 48. The van der Waals surface area contributed by atoms with E-state index < -0.39 is 0 Å². The highest BCUT2D eigenvalue weighted by Gasteiger charge is 2.13. The second-order valence-electron chi connectivity index (χ2n) is 17.7. The molecule has 0 aliphatic rings. The van der Waals surface area contributed by atoms with Gasteiger partial charge in [-0.05, 0) is 95.7 Å². The van der Waals surface area contributed by atoms with Gasteiger partial charge in [-0.1, -0.05) is 170 Å². The molecule has 57 heavy (non-hydrogen) atoms. The number of Topliss-reactive ketones (excluding diaryl/α,β-unsaturated/α-hetero) is 2. The van der Waals surface area contributed by atoms with Crippen LogP contribution in [0.5, 0.6) is 0 Å². The number of hydrogen-bond acceptors (Lipinski definition) is 6. The zero-order chi connectivity index (χ0) is 41.9. The van der Waals surface area contributed by atoms with Crippen molar-refractivity contribution in [1.82, 2.24) is 4.90 Å². The number of ketones is 2. The molecule has 340 valence electrons. The Kier molecular flexibility index (Phi) is 44.1. The van der Waals surface area contributed by atoms with Gasteiger partial charge in [0.15, 0.2) is 11.6 Å². The minimum atomic E-state index is 0.285. The van der Waals surface area contributed by atoms with Gasteiger partial charge in [-0.3, -0.25) is 9.59 Å². The lowest BCUT2D eigenvalue weighted by Gasteiger charge is -2.20. The quantitative estimate of drug-likeness (QED) is 0.0571. The van der Waals surface area contributed by atoms with E-state index in [2.05, 4.69) is 46.4 Å². The molecule has 0 aromatic carbocycles. The number of carbonyl (C=O) groups excluding carboxylic acids is 2. The molecule has 6 nitrogen and oxygen atoms in total. The summed E-state index contributed by atoms with van der Waals surface area (Å²) in [5, 5.41) is 0. The number of hydrogen-bond donors (Lipinski definition) is 0. The number of nitrogens with zero attached hydrogens (tertiary/aromatic N) is 1. The molecule has 0 aliphatic heterocycles. The van der Waals surface area contributed by atoms with Crippen molar-refractivity contribution in [2.24, 2.45) is 11.8 Å². The van der Waals surface area contributed by atoms with Crippen LogP contribution in [0.15, 0.2) is 0 Å². The maximum Gasteiger partial charge on any atom is 0.158 e. The molecule has 0 saturated carbocycles. The molecule has 0 N–H and O–H groups in total. The van der Waals surface area contributed by atoms with Gasteiger partial charge in [0.1, 0.15) is 13.2 Å². The van der Waals surface area contributed by atoms with E-state index in [0.717, 1.165) is 65.0 Å². The Bertz CT molecular complexity index is 760. The normalized spacial score (nSPS) is 12.0. The molecule has 0 saturated heterocycles. The monoisotopic (exact) mass is 808 g/mol. The Balaban J connectivity index is 4.17. The van der Waals surface area contributed by atoms with Gasteiger partial charge in [-0.15, -0.1) is 0 Å².